The number of sulfone groups is 1. The summed E-state index contributed by atoms with van der Waals surface area (Å²) in [6.07, 6.45) is 3.67. The lowest BCUT2D eigenvalue weighted by atomic mass is 10.1. The summed E-state index contributed by atoms with van der Waals surface area (Å²) in [6.45, 7) is 0.790. The fourth-order valence-corrected chi connectivity index (χ4v) is 4.16. The molecule has 106 valence electrons. The zero-order chi connectivity index (χ0) is 13.9. The summed E-state index contributed by atoms with van der Waals surface area (Å²) >= 11 is 5.93. The van der Waals surface area contributed by atoms with Crippen LogP contribution < -0.4 is 5.73 Å². The molecular weight excluding hydrogens is 286 g/mol. The predicted molar refractivity (Wildman–Crippen MR) is 76.1 cm³/mol. The van der Waals surface area contributed by atoms with E-state index >= 15 is 0 Å². The van der Waals surface area contributed by atoms with Crippen molar-refractivity contribution in [2.75, 3.05) is 18.1 Å². The Hall–Kier alpha value is -0.780. The third-order valence-electron chi connectivity index (χ3n) is 3.25. The molecule has 1 atom stereocenters. The first-order valence-corrected chi connectivity index (χ1v) is 8.41. The van der Waals surface area contributed by atoms with Crippen LogP contribution in [0.4, 0.5) is 5.69 Å². The number of ether oxygens (including phenoxy) is 1. The van der Waals surface area contributed by atoms with Crippen molar-refractivity contribution in [2.45, 2.75) is 36.7 Å². The van der Waals surface area contributed by atoms with Crippen molar-refractivity contribution in [1.82, 2.24) is 0 Å². The van der Waals surface area contributed by atoms with Crippen molar-refractivity contribution >= 4 is 27.1 Å². The van der Waals surface area contributed by atoms with Crippen LogP contribution in [0.2, 0.25) is 5.02 Å². The number of benzene rings is 1. The first-order chi connectivity index (χ1) is 8.99. The van der Waals surface area contributed by atoms with E-state index in [1.807, 2.05) is 0 Å². The molecule has 6 heteroatoms. The summed E-state index contributed by atoms with van der Waals surface area (Å²) in [6, 6.07) is 4.53. The summed E-state index contributed by atoms with van der Waals surface area (Å²) in [5, 5.41) is 0.228. The smallest absolute Gasteiger partial charge is 0.179 e. The van der Waals surface area contributed by atoms with Crippen LogP contribution in [0.1, 0.15) is 25.7 Å². The highest BCUT2D eigenvalue weighted by molar-refractivity contribution is 7.91. The molecule has 2 N–H and O–H groups in total. The van der Waals surface area contributed by atoms with E-state index in [0.29, 0.717) is 12.1 Å². The minimum atomic E-state index is -3.37. The maximum absolute atomic E-state index is 12.2. The lowest BCUT2D eigenvalue weighted by Gasteiger charge is -2.10. The van der Waals surface area contributed by atoms with E-state index in [0.717, 1.165) is 25.9 Å². The van der Waals surface area contributed by atoms with Crippen LogP contribution in [-0.4, -0.2) is 26.9 Å². The largest absolute Gasteiger partial charge is 0.399 e. The van der Waals surface area contributed by atoms with Crippen molar-refractivity contribution in [3.63, 3.8) is 0 Å². The van der Waals surface area contributed by atoms with Gasteiger partial charge in [0, 0.05) is 12.3 Å². The zero-order valence-electron chi connectivity index (χ0n) is 10.6. The number of anilines is 1. The molecule has 0 saturated carbocycles. The molecule has 0 bridgehead atoms. The molecule has 1 aromatic rings. The second kappa shape index (κ2) is 6.11. The molecule has 1 aromatic carbocycles. The van der Waals surface area contributed by atoms with Gasteiger partial charge in [0.2, 0.25) is 0 Å². The lowest BCUT2D eigenvalue weighted by molar-refractivity contribution is 0.104. The van der Waals surface area contributed by atoms with Crippen LogP contribution in [0, 0.1) is 0 Å². The Bertz CT molecular complexity index is 539. The molecule has 1 heterocycles. The Balaban J connectivity index is 1.99. The molecule has 4 nitrogen and oxygen atoms in total. The number of nitrogens with two attached hydrogens (primary N) is 1. The van der Waals surface area contributed by atoms with Crippen molar-refractivity contribution < 1.29 is 13.2 Å². The topological polar surface area (TPSA) is 69.4 Å². The van der Waals surface area contributed by atoms with Gasteiger partial charge in [0.25, 0.3) is 0 Å². The van der Waals surface area contributed by atoms with Gasteiger partial charge in [0.1, 0.15) is 0 Å². The van der Waals surface area contributed by atoms with E-state index < -0.39 is 9.84 Å². The summed E-state index contributed by atoms with van der Waals surface area (Å²) in [4.78, 5) is 0.126. The van der Waals surface area contributed by atoms with Crippen molar-refractivity contribution in [3.8, 4) is 0 Å². The summed E-state index contributed by atoms with van der Waals surface area (Å²) in [7, 11) is -3.37. The van der Waals surface area contributed by atoms with E-state index in [2.05, 4.69) is 0 Å². The monoisotopic (exact) mass is 303 g/mol. The normalized spacial score (nSPS) is 19.7. The second-order valence-electron chi connectivity index (χ2n) is 4.79. The molecule has 19 heavy (non-hydrogen) atoms. The number of halogens is 1. The zero-order valence-corrected chi connectivity index (χ0v) is 12.2. The molecule has 0 amide bonds. The fraction of sp³-hybridized carbons (Fsp3) is 0.538. The molecule has 0 spiro atoms. The molecule has 0 aliphatic carbocycles. The number of rotatable bonds is 5. The molecule has 0 aromatic heterocycles. The molecule has 1 saturated heterocycles. The van der Waals surface area contributed by atoms with Gasteiger partial charge in [-0.1, -0.05) is 11.6 Å². The SMILES string of the molecule is Nc1ccc(Cl)c(S(=O)(=O)CCCC2CCCO2)c1. The third kappa shape index (κ3) is 3.84. The van der Waals surface area contributed by atoms with Crippen molar-refractivity contribution in [3.05, 3.63) is 23.2 Å². The predicted octanol–water partition coefficient (Wildman–Crippen LogP) is 2.66. The molecule has 1 aliphatic heterocycles. The molecule has 1 fully saturated rings. The van der Waals surface area contributed by atoms with Gasteiger partial charge in [-0.25, -0.2) is 8.42 Å². The minimum Gasteiger partial charge on any atom is -0.399 e. The van der Waals surface area contributed by atoms with Gasteiger partial charge in [-0.3, -0.25) is 0 Å². The highest BCUT2D eigenvalue weighted by Crippen LogP contribution is 2.26. The fourth-order valence-electron chi connectivity index (χ4n) is 2.24. The first kappa shape index (κ1) is 14.6. The molecule has 1 unspecified atom stereocenters. The van der Waals surface area contributed by atoms with Gasteiger partial charge >= 0.3 is 0 Å². The van der Waals surface area contributed by atoms with Crippen molar-refractivity contribution in [2.24, 2.45) is 0 Å². The third-order valence-corrected chi connectivity index (χ3v) is 5.53. The van der Waals surface area contributed by atoms with Gasteiger partial charge < -0.3 is 10.5 Å². The van der Waals surface area contributed by atoms with E-state index in [9.17, 15) is 8.42 Å². The average Bonchev–Trinajstić information content (AvgIpc) is 2.85. The summed E-state index contributed by atoms with van der Waals surface area (Å²) in [5.41, 5.74) is 6.01. The van der Waals surface area contributed by atoms with Crippen LogP contribution in [0.3, 0.4) is 0 Å². The number of hydrogen-bond acceptors (Lipinski definition) is 4. The Labute approximate surface area is 118 Å². The van der Waals surface area contributed by atoms with Crippen LogP contribution in [-0.2, 0) is 14.6 Å². The van der Waals surface area contributed by atoms with E-state index in [1.54, 1.807) is 6.07 Å². The van der Waals surface area contributed by atoms with Gasteiger partial charge in [0.15, 0.2) is 9.84 Å². The van der Waals surface area contributed by atoms with E-state index in [-0.39, 0.29) is 21.8 Å². The molecule has 0 radical (unpaired) electrons. The Kier molecular flexibility index (Phi) is 4.71. The number of nitrogen functional groups attached to an aromatic ring is 1. The van der Waals surface area contributed by atoms with Gasteiger partial charge in [0.05, 0.1) is 21.8 Å². The standard InChI is InChI=1S/C13H18ClNO3S/c14-12-6-5-10(15)9-13(12)19(16,17)8-2-4-11-3-1-7-18-11/h5-6,9,11H,1-4,7-8,15H2. The maximum atomic E-state index is 12.2. The van der Waals surface area contributed by atoms with E-state index in [4.69, 9.17) is 22.1 Å². The highest BCUT2D eigenvalue weighted by Gasteiger charge is 2.20. The second-order valence-corrected chi connectivity index (χ2v) is 7.27. The highest BCUT2D eigenvalue weighted by atomic mass is 35.5. The van der Waals surface area contributed by atoms with Crippen LogP contribution >= 0.6 is 11.6 Å². The quantitative estimate of drug-likeness (QED) is 0.849. The van der Waals surface area contributed by atoms with Crippen LogP contribution in [0.5, 0.6) is 0 Å². The van der Waals surface area contributed by atoms with E-state index in [1.165, 1.54) is 12.1 Å². The lowest BCUT2D eigenvalue weighted by Crippen LogP contribution is -2.12. The minimum absolute atomic E-state index is 0.0794. The van der Waals surface area contributed by atoms with Gasteiger partial charge in [-0.2, -0.15) is 0 Å². The Morgan fingerprint density at radius 2 is 2.21 bits per heavy atom. The van der Waals surface area contributed by atoms with Gasteiger partial charge in [-0.15, -0.1) is 0 Å². The summed E-state index contributed by atoms with van der Waals surface area (Å²) in [5.74, 6) is 0.0794. The molecular formula is C13H18ClNO3S. The first-order valence-electron chi connectivity index (χ1n) is 6.38. The van der Waals surface area contributed by atoms with Crippen molar-refractivity contribution in [1.29, 1.82) is 0 Å². The van der Waals surface area contributed by atoms with Crippen LogP contribution in [0.15, 0.2) is 23.1 Å². The maximum Gasteiger partial charge on any atom is 0.179 e. The average molecular weight is 304 g/mol. The Morgan fingerprint density at radius 1 is 1.42 bits per heavy atom. The Morgan fingerprint density at radius 3 is 2.89 bits per heavy atom. The number of hydrogen-bond donors (Lipinski definition) is 1. The molecule has 2 rings (SSSR count). The van der Waals surface area contributed by atoms with Crippen LogP contribution in [0.25, 0.3) is 0 Å². The molecule has 1 aliphatic rings. The van der Waals surface area contributed by atoms with Gasteiger partial charge in [-0.05, 0) is 43.9 Å². The summed E-state index contributed by atoms with van der Waals surface area (Å²) < 4.78 is 29.9.